The van der Waals surface area contributed by atoms with E-state index in [0.29, 0.717) is 11.1 Å². The molecule has 0 aliphatic rings. The monoisotopic (exact) mass is 471 g/mol. The molecular formula is C31H21NO4. The van der Waals surface area contributed by atoms with Crippen LogP contribution in [0.4, 0.5) is 0 Å². The first-order valence-electron chi connectivity index (χ1n) is 11.3. The highest BCUT2D eigenvalue weighted by Gasteiger charge is 2.14. The van der Waals surface area contributed by atoms with Gasteiger partial charge < -0.3 is 10.2 Å². The zero-order chi connectivity index (χ0) is 25.1. The largest absolute Gasteiger partial charge is 0.507 e. The average Bonchev–Trinajstić information content (AvgIpc) is 2.92. The maximum absolute atomic E-state index is 12.9. The smallest absolute Gasteiger partial charge is 0.207 e. The molecule has 0 bridgehead atoms. The summed E-state index contributed by atoms with van der Waals surface area (Å²) in [6.07, 6.45) is 2.20. The van der Waals surface area contributed by atoms with Gasteiger partial charge in [0.15, 0.2) is 0 Å². The standard InChI is InChI=1S/C31H21NO4/c33-28(24-14-5-10-20-8-1-3-12-22(20)24)18-30(35)26-16-7-17-27(32-26)31(36)19-29(34)25-15-6-11-21-9-2-4-13-23(21)25/h1-19,33-34H/b28-18-,29-19-. The topological polar surface area (TPSA) is 87.5 Å². The van der Waals surface area contributed by atoms with E-state index in [-0.39, 0.29) is 22.9 Å². The Morgan fingerprint density at radius 3 is 1.39 bits per heavy atom. The number of rotatable bonds is 6. The first-order chi connectivity index (χ1) is 17.5. The first-order valence-corrected chi connectivity index (χ1v) is 11.3. The van der Waals surface area contributed by atoms with Crippen molar-refractivity contribution in [3.05, 3.63) is 138 Å². The molecule has 1 heterocycles. The van der Waals surface area contributed by atoms with Crippen LogP contribution < -0.4 is 0 Å². The zero-order valence-corrected chi connectivity index (χ0v) is 19.1. The highest BCUT2D eigenvalue weighted by molar-refractivity contribution is 6.11. The molecule has 0 radical (unpaired) electrons. The van der Waals surface area contributed by atoms with Gasteiger partial charge in [0, 0.05) is 23.3 Å². The third-order valence-corrected chi connectivity index (χ3v) is 5.92. The van der Waals surface area contributed by atoms with Gasteiger partial charge in [-0.3, -0.25) is 9.59 Å². The van der Waals surface area contributed by atoms with E-state index >= 15 is 0 Å². The highest BCUT2D eigenvalue weighted by atomic mass is 16.3. The summed E-state index contributed by atoms with van der Waals surface area (Å²) >= 11 is 0. The molecule has 36 heavy (non-hydrogen) atoms. The fraction of sp³-hybridized carbons (Fsp3) is 0. The summed E-state index contributed by atoms with van der Waals surface area (Å²) in [4.78, 5) is 29.9. The van der Waals surface area contributed by atoms with Gasteiger partial charge in [0.2, 0.25) is 11.6 Å². The Labute approximate surface area is 207 Å². The lowest BCUT2D eigenvalue weighted by molar-refractivity contribution is 0.103. The average molecular weight is 472 g/mol. The second-order valence-electron chi connectivity index (χ2n) is 8.25. The number of carbonyl (C=O) groups excluding carboxylic acids is 2. The predicted octanol–water partition coefficient (Wildman–Crippen LogP) is 6.95. The number of ketones is 2. The normalized spacial score (nSPS) is 12.1. The van der Waals surface area contributed by atoms with Gasteiger partial charge in [0.05, 0.1) is 0 Å². The summed E-state index contributed by atoms with van der Waals surface area (Å²) in [5.74, 6) is -1.47. The van der Waals surface area contributed by atoms with E-state index in [4.69, 9.17) is 0 Å². The van der Waals surface area contributed by atoms with E-state index in [1.54, 1.807) is 30.3 Å². The van der Waals surface area contributed by atoms with Crippen LogP contribution in [0.1, 0.15) is 32.1 Å². The van der Waals surface area contributed by atoms with Crippen molar-refractivity contribution in [2.24, 2.45) is 0 Å². The van der Waals surface area contributed by atoms with Crippen LogP contribution in [0.25, 0.3) is 33.1 Å². The molecule has 5 nitrogen and oxygen atoms in total. The molecule has 0 unspecified atom stereocenters. The molecule has 4 aromatic carbocycles. The summed E-state index contributed by atoms with van der Waals surface area (Å²) in [5, 5.41) is 24.8. The zero-order valence-electron chi connectivity index (χ0n) is 19.1. The SMILES string of the molecule is O=C(/C=C(\O)c1cccc2ccccc12)c1cccc(C(=O)/C=C(\O)c2cccc3ccccc23)n1. The quantitative estimate of drug-likeness (QED) is 0.159. The van der Waals surface area contributed by atoms with Crippen LogP contribution >= 0.6 is 0 Å². The van der Waals surface area contributed by atoms with E-state index in [1.807, 2.05) is 60.7 Å². The Morgan fingerprint density at radius 1 is 0.528 bits per heavy atom. The van der Waals surface area contributed by atoms with Crippen LogP contribution in [0.15, 0.2) is 115 Å². The van der Waals surface area contributed by atoms with E-state index in [9.17, 15) is 19.8 Å². The number of benzene rings is 4. The number of allylic oxidation sites excluding steroid dienone is 2. The van der Waals surface area contributed by atoms with Crippen molar-refractivity contribution in [1.82, 2.24) is 4.98 Å². The maximum atomic E-state index is 12.9. The Morgan fingerprint density at radius 2 is 0.917 bits per heavy atom. The van der Waals surface area contributed by atoms with Gasteiger partial charge in [0.25, 0.3) is 0 Å². The second-order valence-corrected chi connectivity index (χ2v) is 8.25. The molecule has 0 atom stereocenters. The van der Waals surface area contributed by atoms with Crippen molar-refractivity contribution >= 4 is 44.6 Å². The van der Waals surface area contributed by atoms with Crippen molar-refractivity contribution in [3.8, 4) is 0 Å². The summed E-state index contributed by atoms with van der Waals surface area (Å²) in [7, 11) is 0. The van der Waals surface area contributed by atoms with E-state index in [2.05, 4.69) is 4.98 Å². The van der Waals surface area contributed by atoms with Crippen molar-refractivity contribution in [2.45, 2.75) is 0 Å². The van der Waals surface area contributed by atoms with Crippen molar-refractivity contribution in [1.29, 1.82) is 0 Å². The fourth-order valence-corrected chi connectivity index (χ4v) is 4.16. The minimum Gasteiger partial charge on any atom is -0.507 e. The Kier molecular flexibility index (Phi) is 6.12. The maximum Gasteiger partial charge on any atom is 0.207 e. The van der Waals surface area contributed by atoms with Crippen molar-refractivity contribution < 1.29 is 19.8 Å². The number of nitrogens with zero attached hydrogens (tertiary/aromatic N) is 1. The molecule has 0 fully saturated rings. The van der Waals surface area contributed by atoms with Gasteiger partial charge in [-0.2, -0.15) is 0 Å². The molecule has 5 aromatic rings. The van der Waals surface area contributed by atoms with Gasteiger partial charge in [-0.25, -0.2) is 4.98 Å². The first kappa shape index (κ1) is 22.7. The summed E-state index contributed by atoms with van der Waals surface area (Å²) in [6.45, 7) is 0. The molecule has 0 spiro atoms. The molecule has 0 aliphatic heterocycles. The summed E-state index contributed by atoms with van der Waals surface area (Å²) in [5.41, 5.74) is 1.06. The molecule has 5 heteroatoms. The van der Waals surface area contributed by atoms with E-state index < -0.39 is 11.6 Å². The summed E-state index contributed by atoms with van der Waals surface area (Å²) in [6, 6.07) is 30.5. The van der Waals surface area contributed by atoms with E-state index in [0.717, 1.165) is 33.7 Å². The minimum atomic E-state index is -0.544. The van der Waals surface area contributed by atoms with Gasteiger partial charge >= 0.3 is 0 Å². The number of aliphatic hydroxyl groups is 2. The second kappa shape index (κ2) is 9.68. The number of pyridine rings is 1. The van der Waals surface area contributed by atoms with Crippen LogP contribution in [-0.4, -0.2) is 26.8 Å². The van der Waals surface area contributed by atoms with Crippen LogP contribution in [0, 0.1) is 0 Å². The van der Waals surface area contributed by atoms with Gasteiger partial charge in [0.1, 0.15) is 22.9 Å². The number of hydrogen-bond acceptors (Lipinski definition) is 5. The Bertz CT molecular complexity index is 1570. The minimum absolute atomic E-state index is 0.00527. The van der Waals surface area contributed by atoms with Gasteiger partial charge in [-0.05, 0) is 33.7 Å². The number of carbonyl (C=O) groups is 2. The lowest BCUT2D eigenvalue weighted by atomic mass is 10.0. The molecular weight excluding hydrogens is 450 g/mol. The number of hydrogen-bond donors (Lipinski definition) is 2. The number of aliphatic hydroxyl groups excluding tert-OH is 2. The third-order valence-electron chi connectivity index (χ3n) is 5.92. The molecule has 0 saturated heterocycles. The van der Waals surface area contributed by atoms with Crippen LogP contribution in [0.3, 0.4) is 0 Å². The molecule has 174 valence electrons. The molecule has 0 saturated carbocycles. The summed E-state index contributed by atoms with van der Waals surface area (Å²) < 4.78 is 0. The van der Waals surface area contributed by atoms with Crippen molar-refractivity contribution in [3.63, 3.8) is 0 Å². The predicted molar refractivity (Wildman–Crippen MR) is 142 cm³/mol. The molecule has 0 amide bonds. The molecule has 5 rings (SSSR count). The number of fused-ring (bicyclic) bond motifs is 2. The lowest BCUT2D eigenvalue weighted by Crippen LogP contribution is -2.06. The molecule has 1 aromatic heterocycles. The molecule has 0 aliphatic carbocycles. The Balaban J connectivity index is 1.42. The molecule has 2 N–H and O–H groups in total. The van der Waals surface area contributed by atoms with Crippen LogP contribution in [0.5, 0.6) is 0 Å². The van der Waals surface area contributed by atoms with E-state index in [1.165, 1.54) is 12.1 Å². The number of aromatic nitrogens is 1. The van der Waals surface area contributed by atoms with Gasteiger partial charge in [-0.1, -0.05) is 91.0 Å². The lowest BCUT2D eigenvalue weighted by Gasteiger charge is -2.06. The highest BCUT2D eigenvalue weighted by Crippen LogP contribution is 2.25. The Hall–Kier alpha value is -5.03. The van der Waals surface area contributed by atoms with Crippen molar-refractivity contribution in [2.75, 3.05) is 0 Å². The van der Waals surface area contributed by atoms with Gasteiger partial charge in [-0.15, -0.1) is 0 Å². The third kappa shape index (κ3) is 4.50. The van der Waals surface area contributed by atoms with Crippen LogP contribution in [-0.2, 0) is 0 Å². The van der Waals surface area contributed by atoms with Crippen LogP contribution in [0.2, 0.25) is 0 Å². The fourth-order valence-electron chi connectivity index (χ4n) is 4.16.